The molecule has 2 aromatic rings. The van der Waals surface area contributed by atoms with Crippen LogP contribution in [0.25, 0.3) is 5.69 Å². The monoisotopic (exact) mass is 355 g/mol. The molecule has 1 amide bonds. The molecule has 0 radical (unpaired) electrons. The van der Waals surface area contributed by atoms with Gasteiger partial charge in [0, 0.05) is 18.8 Å². The first-order chi connectivity index (χ1) is 12.4. The summed E-state index contributed by atoms with van der Waals surface area (Å²) in [5, 5.41) is 4.42. The van der Waals surface area contributed by atoms with Gasteiger partial charge in [-0.1, -0.05) is 6.92 Å². The van der Waals surface area contributed by atoms with Crippen LogP contribution in [-0.2, 0) is 9.53 Å². The fraction of sp³-hybridized carbons (Fsp3) is 0.450. The Kier molecular flexibility index (Phi) is 5.40. The molecule has 0 bridgehead atoms. The van der Waals surface area contributed by atoms with Gasteiger partial charge in [-0.2, -0.15) is 5.10 Å². The number of rotatable bonds is 4. The van der Waals surface area contributed by atoms with E-state index in [4.69, 9.17) is 4.74 Å². The second-order valence-corrected chi connectivity index (χ2v) is 7.03. The first kappa shape index (κ1) is 18.2. The van der Waals surface area contributed by atoms with E-state index < -0.39 is 5.97 Å². The molecule has 0 N–H and O–H groups in total. The number of ether oxygens (including phenoxy) is 1. The van der Waals surface area contributed by atoms with Gasteiger partial charge in [-0.15, -0.1) is 0 Å². The number of amides is 1. The van der Waals surface area contributed by atoms with Crippen molar-refractivity contribution < 1.29 is 14.3 Å². The van der Waals surface area contributed by atoms with Crippen molar-refractivity contribution in [1.82, 2.24) is 14.7 Å². The van der Waals surface area contributed by atoms with Crippen molar-refractivity contribution in [2.24, 2.45) is 5.92 Å². The third-order valence-electron chi connectivity index (χ3n) is 4.82. The highest BCUT2D eigenvalue weighted by Gasteiger charge is 2.21. The number of nitrogens with zero attached hydrogens (tertiary/aromatic N) is 3. The number of aromatic nitrogens is 2. The first-order valence-electron chi connectivity index (χ1n) is 9.02. The van der Waals surface area contributed by atoms with Crippen LogP contribution in [0.5, 0.6) is 0 Å². The summed E-state index contributed by atoms with van der Waals surface area (Å²) in [6.07, 6.45) is 2.01. The summed E-state index contributed by atoms with van der Waals surface area (Å²) in [5.41, 5.74) is 3.27. The van der Waals surface area contributed by atoms with Crippen LogP contribution in [0.4, 0.5) is 0 Å². The van der Waals surface area contributed by atoms with E-state index in [-0.39, 0.29) is 12.5 Å². The Hall–Kier alpha value is -2.63. The topological polar surface area (TPSA) is 64.4 Å². The molecule has 1 fully saturated rings. The molecule has 26 heavy (non-hydrogen) atoms. The number of benzene rings is 1. The Morgan fingerprint density at radius 1 is 1.15 bits per heavy atom. The summed E-state index contributed by atoms with van der Waals surface area (Å²) < 4.78 is 7.02. The van der Waals surface area contributed by atoms with Crippen molar-refractivity contribution in [3.63, 3.8) is 0 Å². The number of hydrogen-bond acceptors (Lipinski definition) is 4. The molecule has 3 rings (SSSR count). The number of hydrogen-bond donors (Lipinski definition) is 0. The van der Waals surface area contributed by atoms with Crippen LogP contribution in [0.1, 0.15) is 41.5 Å². The minimum atomic E-state index is -0.483. The summed E-state index contributed by atoms with van der Waals surface area (Å²) in [7, 11) is 0. The quantitative estimate of drug-likeness (QED) is 0.791. The number of piperidine rings is 1. The zero-order valence-corrected chi connectivity index (χ0v) is 15.6. The highest BCUT2D eigenvalue weighted by molar-refractivity contribution is 5.91. The maximum atomic E-state index is 12.2. The van der Waals surface area contributed by atoms with Crippen LogP contribution in [-0.4, -0.2) is 46.3 Å². The second kappa shape index (κ2) is 7.72. The zero-order chi connectivity index (χ0) is 18.7. The van der Waals surface area contributed by atoms with Gasteiger partial charge < -0.3 is 9.64 Å². The molecule has 0 unspecified atom stereocenters. The van der Waals surface area contributed by atoms with Gasteiger partial charge >= 0.3 is 5.97 Å². The molecule has 1 saturated heterocycles. The molecular formula is C20H25N3O3. The molecular weight excluding hydrogens is 330 g/mol. The molecule has 0 spiro atoms. The molecule has 2 heterocycles. The fourth-order valence-corrected chi connectivity index (χ4v) is 3.19. The van der Waals surface area contributed by atoms with Gasteiger partial charge in [0.05, 0.1) is 16.9 Å². The lowest BCUT2D eigenvalue weighted by Crippen LogP contribution is -2.40. The molecule has 0 aliphatic carbocycles. The number of carbonyl (C=O) groups excluding carboxylic acids is 2. The Morgan fingerprint density at radius 2 is 1.81 bits per heavy atom. The van der Waals surface area contributed by atoms with Crippen LogP contribution >= 0.6 is 0 Å². The summed E-state index contributed by atoms with van der Waals surface area (Å²) in [5.74, 6) is 0.0514. The van der Waals surface area contributed by atoms with Crippen molar-refractivity contribution in [2.75, 3.05) is 19.7 Å². The average Bonchev–Trinajstić information content (AvgIpc) is 2.98. The average molecular weight is 355 g/mol. The molecule has 1 aromatic carbocycles. The lowest BCUT2D eigenvalue weighted by molar-refractivity contribution is -0.135. The second-order valence-electron chi connectivity index (χ2n) is 7.03. The lowest BCUT2D eigenvalue weighted by Gasteiger charge is -2.30. The Bertz CT molecular complexity index is 787. The number of likely N-dealkylation sites (tertiary alicyclic amines) is 1. The minimum absolute atomic E-state index is 0.121. The van der Waals surface area contributed by atoms with Crippen molar-refractivity contribution in [1.29, 1.82) is 0 Å². The SMILES string of the molecule is Cc1cc(C)n(-c2ccc(C(=O)OCC(=O)N3CCC(C)CC3)cc2)n1. The van der Waals surface area contributed by atoms with E-state index in [2.05, 4.69) is 12.0 Å². The van der Waals surface area contributed by atoms with Gasteiger partial charge in [-0.3, -0.25) is 4.79 Å². The fourth-order valence-electron chi connectivity index (χ4n) is 3.19. The summed E-state index contributed by atoms with van der Waals surface area (Å²) in [6, 6.07) is 9.03. The van der Waals surface area contributed by atoms with Gasteiger partial charge in [0.1, 0.15) is 0 Å². The summed E-state index contributed by atoms with van der Waals surface area (Å²) in [6.45, 7) is 7.40. The van der Waals surface area contributed by atoms with Gasteiger partial charge in [0.2, 0.25) is 0 Å². The molecule has 138 valence electrons. The Balaban J connectivity index is 1.56. The number of aryl methyl sites for hydroxylation is 2. The standard InChI is InChI=1S/C20H25N3O3/c1-14-8-10-22(11-9-14)19(24)13-26-20(25)17-4-6-18(7-5-17)23-16(3)12-15(2)21-23/h4-7,12,14H,8-11,13H2,1-3H3. The number of esters is 1. The van der Waals surface area contributed by atoms with Crippen molar-refractivity contribution in [2.45, 2.75) is 33.6 Å². The van der Waals surface area contributed by atoms with Crippen molar-refractivity contribution >= 4 is 11.9 Å². The van der Waals surface area contributed by atoms with Crippen LogP contribution < -0.4 is 0 Å². The smallest absolute Gasteiger partial charge is 0.338 e. The highest BCUT2D eigenvalue weighted by Crippen LogP contribution is 2.16. The maximum Gasteiger partial charge on any atom is 0.338 e. The molecule has 6 nitrogen and oxygen atoms in total. The van der Waals surface area contributed by atoms with Gasteiger partial charge in [0.15, 0.2) is 6.61 Å². The molecule has 1 aliphatic rings. The van der Waals surface area contributed by atoms with E-state index in [9.17, 15) is 9.59 Å². The number of carbonyl (C=O) groups is 2. The third-order valence-corrected chi connectivity index (χ3v) is 4.82. The highest BCUT2D eigenvalue weighted by atomic mass is 16.5. The van der Waals surface area contributed by atoms with Crippen LogP contribution in [0.3, 0.4) is 0 Å². The normalized spacial score (nSPS) is 15.1. The Morgan fingerprint density at radius 3 is 2.38 bits per heavy atom. The molecule has 0 saturated carbocycles. The van der Waals surface area contributed by atoms with Gasteiger partial charge in [-0.25, -0.2) is 9.48 Å². The molecule has 6 heteroatoms. The van der Waals surface area contributed by atoms with E-state index >= 15 is 0 Å². The summed E-state index contributed by atoms with van der Waals surface area (Å²) >= 11 is 0. The van der Waals surface area contributed by atoms with E-state index in [1.807, 2.05) is 36.7 Å². The van der Waals surface area contributed by atoms with E-state index in [0.29, 0.717) is 11.5 Å². The van der Waals surface area contributed by atoms with E-state index in [1.165, 1.54) is 0 Å². The van der Waals surface area contributed by atoms with Crippen LogP contribution in [0.2, 0.25) is 0 Å². The molecule has 1 aromatic heterocycles. The minimum Gasteiger partial charge on any atom is -0.452 e. The Labute approximate surface area is 153 Å². The lowest BCUT2D eigenvalue weighted by atomic mass is 9.99. The molecule has 1 aliphatic heterocycles. The predicted molar refractivity (Wildman–Crippen MR) is 98.3 cm³/mol. The molecule has 0 atom stereocenters. The maximum absolute atomic E-state index is 12.2. The van der Waals surface area contributed by atoms with E-state index in [0.717, 1.165) is 43.0 Å². The van der Waals surface area contributed by atoms with Gasteiger partial charge in [-0.05, 0) is 62.9 Å². The first-order valence-corrected chi connectivity index (χ1v) is 9.02. The summed E-state index contributed by atoms with van der Waals surface area (Å²) in [4.78, 5) is 26.1. The van der Waals surface area contributed by atoms with E-state index in [1.54, 1.807) is 17.0 Å². The third kappa shape index (κ3) is 4.12. The van der Waals surface area contributed by atoms with Crippen molar-refractivity contribution in [3.8, 4) is 5.69 Å². The predicted octanol–water partition coefficient (Wildman–Crippen LogP) is 2.90. The van der Waals surface area contributed by atoms with Crippen LogP contribution in [0, 0.1) is 19.8 Å². The zero-order valence-electron chi connectivity index (χ0n) is 15.6. The van der Waals surface area contributed by atoms with Gasteiger partial charge in [0.25, 0.3) is 5.91 Å². The van der Waals surface area contributed by atoms with Crippen LogP contribution in [0.15, 0.2) is 30.3 Å². The largest absolute Gasteiger partial charge is 0.452 e. The van der Waals surface area contributed by atoms with Crippen molar-refractivity contribution in [3.05, 3.63) is 47.3 Å².